The van der Waals surface area contributed by atoms with Crippen LogP contribution >= 0.6 is 0 Å². The van der Waals surface area contributed by atoms with Gasteiger partial charge in [-0.25, -0.2) is 4.98 Å². The van der Waals surface area contributed by atoms with Gasteiger partial charge in [0.1, 0.15) is 5.82 Å². The Morgan fingerprint density at radius 3 is 2.58 bits per heavy atom. The zero-order valence-corrected chi connectivity index (χ0v) is 18.2. The van der Waals surface area contributed by atoms with Crippen LogP contribution in [0, 0.1) is 12.8 Å². The molecule has 3 aromatic rings. The first-order valence-corrected chi connectivity index (χ1v) is 10.6. The molecule has 1 saturated heterocycles. The highest BCUT2D eigenvalue weighted by atomic mass is 16.5. The Labute approximate surface area is 182 Å². The number of hydrogen-bond acceptors (Lipinski definition) is 7. The molecule has 0 atom stereocenters. The fourth-order valence-electron chi connectivity index (χ4n) is 3.83. The van der Waals surface area contributed by atoms with Gasteiger partial charge >= 0.3 is 0 Å². The number of piperidine rings is 1. The van der Waals surface area contributed by atoms with Crippen molar-refractivity contribution < 1.29 is 9.32 Å². The Hall–Kier alpha value is -3.42. The zero-order valence-electron chi connectivity index (χ0n) is 18.2. The predicted molar refractivity (Wildman–Crippen MR) is 120 cm³/mol. The maximum atomic E-state index is 12.7. The van der Waals surface area contributed by atoms with Crippen molar-refractivity contribution >= 4 is 17.4 Å². The van der Waals surface area contributed by atoms with Crippen LogP contribution in [0.5, 0.6) is 0 Å². The van der Waals surface area contributed by atoms with E-state index in [4.69, 9.17) is 4.52 Å². The number of aromatic nitrogens is 3. The summed E-state index contributed by atoms with van der Waals surface area (Å²) >= 11 is 0. The van der Waals surface area contributed by atoms with Crippen LogP contribution in [0.4, 0.5) is 11.5 Å². The fraction of sp³-hybridized carbons (Fsp3) is 0.391. The first-order chi connectivity index (χ1) is 15.0. The smallest absolute Gasteiger partial charge is 0.223 e. The van der Waals surface area contributed by atoms with Crippen LogP contribution in [0.1, 0.15) is 24.3 Å². The number of benzene rings is 1. The highest BCUT2D eigenvalue weighted by Gasteiger charge is 2.27. The van der Waals surface area contributed by atoms with Crippen LogP contribution in [0.15, 0.2) is 47.1 Å². The van der Waals surface area contributed by atoms with Gasteiger partial charge < -0.3 is 19.6 Å². The first kappa shape index (κ1) is 20.8. The molecule has 0 unspecified atom stereocenters. The summed E-state index contributed by atoms with van der Waals surface area (Å²) in [5.41, 5.74) is 3.10. The van der Waals surface area contributed by atoms with Gasteiger partial charge in [-0.2, -0.15) is 4.98 Å². The minimum Gasteiger partial charge on any atom is -0.378 e. The minimum atomic E-state index is 0.0110. The molecule has 8 nitrogen and oxygen atoms in total. The Kier molecular flexibility index (Phi) is 6.16. The van der Waals surface area contributed by atoms with Crippen molar-refractivity contribution in [3.8, 4) is 11.4 Å². The van der Waals surface area contributed by atoms with Gasteiger partial charge in [0.2, 0.25) is 17.6 Å². The topological polar surface area (TPSA) is 87.4 Å². The van der Waals surface area contributed by atoms with E-state index in [2.05, 4.69) is 54.5 Å². The van der Waals surface area contributed by atoms with E-state index in [-0.39, 0.29) is 11.8 Å². The van der Waals surface area contributed by atoms with Gasteiger partial charge in [-0.3, -0.25) is 4.79 Å². The normalized spacial score (nSPS) is 14.5. The molecule has 0 aliphatic carbocycles. The van der Waals surface area contributed by atoms with Crippen molar-refractivity contribution in [2.45, 2.75) is 26.3 Å². The number of nitrogens with one attached hydrogen (secondary N) is 1. The summed E-state index contributed by atoms with van der Waals surface area (Å²) in [6, 6.07) is 12.1. The number of aryl methyl sites for hydroxylation is 1. The Morgan fingerprint density at radius 1 is 1.19 bits per heavy atom. The summed E-state index contributed by atoms with van der Waals surface area (Å²) in [5.74, 6) is 2.03. The third-order valence-corrected chi connectivity index (χ3v) is 5.64. The lowest BCUT2D eigenvalue weighted by molar-refractivity contribution is -0.125. The molecule has 1 aliphatic rings. The van der Waals surface area contributed by atoms with Crippen LogP contribution in [0.2, 0.25) is 0 Å². The number of amides is 1. The molecule has 162 valence electrons. The Morgan fingerprint density at radius 2 is 1.94 bits per heavy atom. The molecule has 1 N–H and O–H groups in total. The summed E-state index contributed by atoms with van der Waals surface area (Å²) in [7, 11) is 4.03. The molecule has 4 rings (SSSR count). The average Bonchev–Trinajstić information content (AvgIpc) is 3.24. The lowest BCUT2D eigenvalue weighted by atomic mass is 9.95. The van der Waals surface area contributed by atoms with E-state index in [0.29, 0.717) is 18.3 Å². The quantitative estimate of drug-likeness (QED) is 0.656. The molecule has 3 heterocycles. The molecule has 0 saturated carbocycles. The van der Waals surface area contributed by atoms with Gasteiger partial charge in [0.15, 0.2) is 0 Å². The Bertz CT molecular complexity index is 1020. The van der Waals surface area contributed by atoms with Crippen molar-refractivity contribution in [3.05, 3.63) is 54.0 Å². The van der Waals surface area contributed by atoms with Crippen molar-refractivity contribution in [1.82, 2.24) is 20.4 Å². The highest BCUT2D eigenvalue weighted by molar-refractivity contribution is 5.79. The molecule has 1 aliphatic heterocycles. The molecule has 31 heavy (non-hydrogen) atoms. The third kappa shape index (κ3) is 4.84. The summed E-state index contributed by atoms with van der Waals surface area (Å²) in [6.45, 7) is 3.84. The molecular formula is C23H28N6O2. The highest BCUT2D eigenvalue weighted by Crippen LogP contribution is 2.30. The zero-order chi connectivity index (χ0) is 21.8. The molecule has 8 heteroatoms. The molecule has 1 aromatic carbocycles. The van der Waals surface area contributed by atoms with Crippen molar-refractivity contribution in [2.75, 3.05) is 37.0 Å². The fourth-order valence-corrected chi connectivity index (χ4v) is 3.83. The monoisotopic (exact) mass is 420 g/mol. The summed E-state index contributed by atoms with van der Waals surface area (Å²) in [6.07, 6.45) is 3.34. The second-order valence-corrected chi connectivity index (χ2v) is 8.05. The van der Waals surface area contributed by atoms with E-state index in [9.17, 15) is 4.79 Å². The SMILES string of the molecule is Cc1nc(-c2cccnc2N2CCC(C(=O)NCc3ccc(N(C)C)cc3)CC2)no1. The molecular weight excluding hydrogens is 392 g/mol. The van der Waals surface area contributed by atoms with E-state index in [1.165, 1.54) is 0 Å². The van der Waals surface area contributed by atoms with Gasteiger partial charge in [0, 0.05) is 58.5 Å². The number of pyridine rings is 1. The van der Waals surface area contributed by atoms with Gasteiger partial charge in [-0.1, -0.05) is 17.3 Å². The molecule has 2 aromatic heterocycles. The molecule has 0 spiro atoms. The largest absolute Gasteiger partial charge is 0.378 e. The van der Waals surface area contributed by atoms with E-state index < -0.39 is 0 Å². The maximum absolute atomic E-state index is 12.7. The standard InChI is InChI=1S/C23H28N6O2/c1-16-26-21(27-31-16)20-5-4-12-24-22(20)29-13-10-18(11-14-29)23(30)25-15-17-6-8-19(9-7-17)28(2)3/h4-9,12,18H,10-11,13-15H2,1-3H3,(H,25,30). The molecule has 1 fully saturated rings. The predicted octanol–water partition coefficient (Wildman–Crippen LogP) is 3.04. The van der Waals surface area contributed by atoms with Crippen LogP contribution in [0.25, 0.3) is 11.4 Å². The summed E-state index contributed by atoms with van der Waals surface area (Å²) < 4.78 is 5.13. The van der Waals surface area contributed by atoms with Crippen LogP contribution in [0.3, 0.4) is 0 Å². The lowest BCUT2D eigenvalue weighted by Gasteiger charge is -2.33. The second kappa shape index (κ2) is 9.16. The van der Waals surface area contributed by atoms with Crippen LogP contribution in [-0.2, 0) is 11.3 Å². The second-order valence-electron chi connectivity index (χ2n) is 8.05. The summed E-state index contributed by atoms with van der Waals surface area (Å²) in [5, 5.41) is 7.13. The minimum absolute atomic E-state index is 0.0110. The first-order valence-electron chi connectivity index (χ1n) is 10.6. The molecule has 0 bridgehead atoms. The van der Waals surface area contributed by atoms with E-state index >= 15 is 0 Å². The Balaban J connectivity index is 1.33. The average molecular weight is 421 g/mol. The molecule has 1 amide bonds. The number of carbonyl (C=O) groups is 1. The van der Waals surface area contributed by atoms with E-state index in [0.717, 1.165) is 48.6 Å². The van der Waals surface area contributed by atoms with Gasteiger partial charge in [-0.15, -0.1) is 0 Å². The lowest BCUT2D eigenvalue weighted by Crippen LogP contribution is -2.40. The number of rotatable bonds is 6. The third-order valence-electron chi connectivity index (χ3n) is 5.64. The van der Waals surface area contributed by atoms with Gasteiger partial charge in [0.25, 0.3) is 0 Å². The van der Waals surface area contributed by atoms with Crippen molar-refractivity contribution in [2.24, 2.45) is 5.92 Å². The number of carbonyl (C=O) groups excluding carboxylic acids is 1. The van der Waals surface area contributed by atoms with Crippen molar-refractivity contribution in [1.29, 1.82) is 0 Å². The number of anilines is 2. The van der Waals surface area contributed by atoms with E-state index in [1.54, 1.807) is 13.1 Å². The number of hydrogen-bond donors (Lipinski definition) is 1. The van der Waals surface area contributed by atoms with Gasteiger partial charge in [0.05, 0.1) is 5.56 Å². The van der Waals surface area contributed by atoms with Crippen molar-refractivity contribution in [3.63, 3.8) is 0 Å². The summed E-state index contributed by atoms with van der Waals surface area (Å²) in [4.78, 5) is 25.8. The number of nitrogens with zero attached hydrogens (tertiary/aromatic N) is 5. The maximum Gasteiger partial charge on any atom is 0.223 e. The van der Waals surface area contributed by atoms with Crippen LogP contribution in [-0.4, -0.2) is 48.2 Å². The van der Waals surface area contributed by atoms with Gasteiger partial charge in [-0.05, 0) is 42.7 Å². The van der Waals surface area contributed by atoms with E-state index in [1.807, 2.05) is 26.2 Å². The van der Waals surface area contributed by atoms with Crippen LogP contribution < -0.4 is 15.1 Å². The molecule has 0 radical (unpaired) electrons.